The van der Waals surface area contributed by atoms with Crippen molar-refractivity contribution in [3.05, 3.63) is 23.7 Å². The molecule has 1 atom stereocenters. The zero-order valence-electron chi connectivity index (χ0n) is 10.1. The monoisotopic (exact) mass is 210 g/mol. The number of aryl methyl sites for hydroxylation is 1. The van der Waals surface area contributed by atoms with Gasteiger partial charge >= 0.3 is 0 Å². The summed E-state index contributed by atoms with van der Waals surface area (Å²) >= 11 is 0. The maximum atomic E-state index is 5.57. The number of hydrogen-bond acceptors (Lipinski definition) is 3. The van der Waals surface area contributed by atoms with Crippen molar-refractivity contribution in [3.8, 4) is 0 Å². The first-order valence-corrected chi connectivity index (χ1v) is 5.44. The topological polar surface area (TPSA) is 51.2 Å². The van der Waals surface area contributed by atoms with Crippen LogP contribution in [0.25, 0.3) is 0 Å². The number of rotatable bonds is 4. The fourth-order valence-corrected chi connectivity index (χ4v) is 1.66. The van der Waals surface area contributed by atoms with Gasteiger partial charge in [-0.2, -0.15) is 0 Å². The summed E-state index contributed by atoms with van der Waals surface area (Å²) in [7, 11) is 0. The van der Waals surface area contributed by atoms with Crippen LogP contribution in [0.3, 0.4) is 0 Å². The third-order valence-corrected chi connectivity index (χ3v) is 2.66. The van der Waals surface area contributed by atoms with Gasteiger partial charge in [-0.05, 0) is 31.2 Å². The van der Waals surface area contributed by atoms with E-state index in [0.29, 0.717) is 5.41 Å². The Morgan fingerprint density at radius 3 is 2.53 bits per heavy atom. The molecule has 0 radical (unpaired) electrons. The van der Waals surface area contributed by atoms with Crippen LogP contribution >= 0.6 is 0 Å². The summed E-state index contributed by atoms with van der Waals surface area (Å²) < 4.78 is 5.28. The Bertz CT molecular complexity index is 299. The number of hydrazine groups is 1. The van der Waals surface area contributed by atoms with Crippen molar-refractivity contribution < 1.29 is 4.42 Å². The van der Waals surface area contributed by atoms with Gasteiger partial charge in [0.15, 0.2) is 0 Å². The minimum atomic E-state index is 0.197. The lowest BCUT2D eigenvalue weighted by Crippen LogP contribution is -2.29. The van der Waals surface area contributed by atoms with Crippen LogP contribution in [0.1, 0.15) is 51.0 Å². The first-order valence-electron chi connectivity index (χ1n) is 5.44. The Labute approximate surface area is 92.0 Å². The predicted octanol–water partition coefficient (Wildman–Crippen LogP) is 2.92. The smallest absolute Gasteiger partial charge is 0.105 e. The van der Waals surface area contributed by atoms with Gasteiger partial charge in [-0.3, -0.25) is 11.3 Å². The van der Waals surface area contributed by atoms with E-state index >= 15 is 0 Å². The van der Waals surface area contributed by atoms with Crippen LogP contribution in [0.2, 0.25) is 0 Å². The molecule has 0 saturated heterocycles. The molecule has 1 rings (SSSR count). The lowest BCUT2D eigenvalue weighted by atomic mass is 9.87. The summed E-state index contributed by atoms with van der Waals surface area (Å²) in [5.74, 6) is 6.52. The van der Waals surface area contributed by atoms with Gasteiger partial charge in [-0.1, -0.05) is 20.8 Å². The fraction of sp³-hybridized carbons (Fsp3) is 0.667. The van der Waals surface area contributed by atoms with Crippen LogP contribution < -0.4 is 11.3 Å². The third-order valence-electron chi connectivity index (χ3n) is 2.66. The molecule has 3 nitrogen and oxygen atoms in total. The zero-order valence-corrected chi connectivity index (χ0v) is 10.1. The van der Waals surface area contributed by atoms with Crippen molar-refractivity contribution in [2.45, 2.75) is 46.6 Å². The molecule has 0 saturated carbocycles. The summed E-state index contributed by atoms with van der Waals surface area (Å²) in [5, 5.41) is 0. The van der Waals surface area contributed by atoms with Gasteiger partial charge in [0.25, 0.3) is 0 Å². The number of nitrogens with one attached hydrogen (secondary N) is 1. The van der Waals surface area contributed by atoms with E-state index in [1.807, 2.05) is 13.0 Å². The molecule has 0 aliphatic carbocycles. The molecule has 0 spiro atoms. The first kappa shape index (κ1) is 12.3. The highest BCUT2D eigenvalue weighted by Gasteiger charge is 2.18. The van der Waals surface area contributed by atoms with Crippen LogP contribution in [0.4, 0.5) is 0 Å². The highest BCUT2D eigenvalue weighted by Crippen LogP contribution is 2.28. The summed E-state index contributed by atoms with van der Waals surface area (Å²) in [6.07, 6.45) is 3.87. The number of nitrogens with two attached hydrogens (primary N) is 1. The molecule has 1 unspecified atom stereocenters. The second-order valence-corrected chi connectivity index (χ2v) is 5.25. The normalized spacial score (nSPS) is 14.2. The average Bonchev–Trinajstić information content (AvgIpc) is 2.52. The highest BCUT2D eigenvalue weighted by atomic mass is 16.3. The standard InChI is InChI=1S/C12H22N2O/c1-9-10(6-8-15-9)11(14-13)5-7-12(2,3)4/h6,8,11,14H,5,7,13H2,1-4H3. The Morgan fingerprint density at radius 2 is 2.13 bits per heavy atom. The predicted molar refractivity (Wildman–Crippen MR) is 62.2 cm³/mol. The van der Waals surface area contributed by atoms with E-state index in [1.165, 1.54) is 5.56 Å². The molecule has 0 aliphatic rings. The van der Waals surface area contributed by atoms with E-state index in [4.69, 9.17) is 10.3 Å². The molecule has 0 aromatic carbocycles. The lowest BCUT2D eigenvalue weighted by molar-refractivity contribution is 0.332. The molecule has 0 fully saturated rings. The van der Waals surface area contributed by atoms with Gasteiger partial charge in [0.1, 0.15) is 5.76 Å². The average molecular weight is 210 g/mol. The second-order valence-electron chi connectivity index (χ2n) is 5.25. The maximum Gasteiger partial charge on any atom is 0.105 e. The zero-order chi connectivity index (χ0) is 11.5. The highest BCUT2D eigenvalue weighted by molar-refractivity contribution is 5.19. The van der Waals surface area contributed by atoms with Crippen molar-refractivity contribution in [2.24, 2.45) is 11.3 Å². The Morgan fingerprint density at radius 1 is 1.47 bits per heavy atom. The summed E-state index contributed by atoms with van der Waals surface area (Å²) in [6, 6.07) is 2.19. The molecular weight excluding hydrogens is 188 g/mol. The minimum Gasteiger partial charge on any atom is -0.469 e. The molecule has 3 N–H and O–H groups in total. The lowest BCUT2D eigenvalue weighted by Gasteiger charge is -2.22. The van der Waals surface area contributed by atoms with Crippen LogP contribution in [-0.2, 0) is 0 Å². The van der Waals surface area contributed by atoms with Crippen molar-refractivity contribution in [2.75, 3.05) is 0 Å². The van der Waals surface area contributed by atoms with E-state index in [2.05, 4.69) is 26.2 Å². The van der Waals surface area contributed by atoms with E-state index in [0.717, 1.165) is 18.6 Å². The van der Waals surface area contributed by atoms with E-state index in [1.54, 1.807) is 6.26 Å². The molecule has 86 valence electrons. The second kappa shape index (κ2) is 4.81. The SMILES string of the molecule is Cc1occc1C(CCC(C)(C)C)NN. The quantitative estimate of drug-likeness (QED) is 0.593. The van der Waals surface area contributed by atoms with Gasteiger partial charge in [0.05, 0.1) is 6.26 Å². The molecule has 1 heterocycles. The van der Waals surface area contributed by atoms with Crippen LogP contribution in [0.15, 0.2) is 16.7 Å². The third kappa shape index (κ3) is 3.68. The van der Waals surface area contributed by atoms with E-state index in [9.17, 15) is 0 Å². The molecule has 0 bridgehead atoms. The number of hydrogen-bond donors (Lipinski definition) is 2. The molecule has 0 amide bonds. The summed E-state index contributed by atoms with van der Waals surface area (Å²) in [6.45, 7) is 8.69. The van der Waals surface area contributed by atoms with E-state index in [-0.39, 0.29) is 6.04 Å². The fourth-order valence-electron chi connectivity index (χ4n) is 1.66. The molecule has 1 aromatic rings. The van der Waals surface area contributed by atoms with Crippen LogP contribution in [0.5, 0.6) is 0 Å². The van der Waals surface area contributed by atoms with Gasteiger partial charge in [-0.15, -0.1) is 0 Å². The Hall–Kier alpha value is -0.800. The van der Waals surface area contributed by atoms with Gasteiger partial charge in [0.2, 0.25) is 0 Å². The Kier molecular flexibility index (Phi) is 3.94. The van der Waals surface area contributed by atoms with Crippen LogP contribution in [-0.4, -0.2) is 0 Å². The molecule has 3 heteroatoms. The molecule has 1 aromatic heterocycles. The van der Waals surface area contributed by atoms with Crippen molar-refractivity contribution in [1.82, 2.24) is 5.43 Å². The van der Waals surface area contributed by atoms with Gasteiger partial charge in [-0.25, -0.2) is 0 Å². The van der Waals surface area contributed by atoms with Gasteiger partial charge < -0.3 is 4.42 Å². The molecule has 0 aliphatic heterocycles. The van der Waals surface area contributed by atoms with Gasteiger partial charge in [0, 0.05) is 11.6 Å². The van der Waals surface area contributed by atoms with Crippen molar-refractivity contribution in [3.63, 3.8) is 0 Å². The Balaban J connectivity index is 2.61. The minimum absolute atomic E-state index is 0.197. The summed E-state index contributed by atoms with van der Waals surface area (Å²) in [4.78, 5) is 0. The largest absolute Gasteiger partial charge is 0.469 e. The van der Waals surface area contributed by atoms with E-state index < -0.39 is 0 Å². The number of furan rings is 1. The molecular formula is C12H22N2O. The first-order chi connectivity index (χ1) is 6.94. The van der Waals surface area contributed by atoms with Crippen molar-refractivity contribution in [1.29, 1.82) is 0 Å². The summed E-state index contributed by atoms with van der Waals surface area (Å²) in [5.41, 5.74) is 4.37. The maximum absolute atomic E-state index is 5.57. The van der Waals surface area contributed by atoms with Crippen molar-refractivity contribution >= 4 is 0 Å². The van der Waals surface area contributed by atoms with Crippen LogP contribution in [0, 0.1) is 12.3 Å². The molecule has 15 heavy (non-hydrogen) atoms.